The molecule has 0 radical (unpaired) electrons. The summed E-state index contributed by atoms with van der Waals surface area (Å²) >= 11 is 1.03. The predicted molar refractivity (Wildman–Crippen MR) is 447 cm³/mol. The number of carbonyl (C=O) groups is 12. The molecular weight excluding hydrogens is 1560 g/mol. The van der Waals surface area contributed by atoms with Crippen LogP contribution in [0.5, 0.6) is 5.75 Å². The number of rotatable bonds is 45. The van der Waals surface area contributed by atoms with Crippen molar-refractivity contribution in [1.82, 2.24) is 43.2 Å². The summed E-state index contributed by atoms with van der Waals surface area (Å²) in [5.41, 5.74) is 3.62. The SMILES string of the molecule is C=CC[C@](O)(C(=O)NO)[C@@H](CC(C)C)C(=O)C[C@@H](Cc1ccccc1)C(=O)NC.CNC(=O)[C@@H](CC(=O)[C@H](CC(C)C)[C@H](CS(=O)(=O)c1cccs1)C(=O)NO)C(C)(C)C.CNC(=O)[C@@H](CC(=O)[C@H](CC(C)C)[C@H](OC)C(=O)NO)C(C)(C)C.CNC(=O)[C@@H](CC(=O)[C@H](CCCc1ccccc1)[C@@](C)(O)C(=O)NO)Cc1ccc(OC)cc1. The number of hydrogen-bond donors (Lipinski definition) is 14. The van der Waals surface area contributed by atoms with E-state index in [1.807, 2.05) is 156 Å². The van der Waals surface area contributed by atoms with Gasteiger partial charge in [0, 0.05) is 97.0 Å². The number of aryl methyl sites for hydroxylation is 1. The first-order valence-corrected chi connectivity index (χ1v) is 42.0. The number of Topliss-reactive ketones (excluding diaryl/α,β-unsaturated/α-hetero) is 4. The van der Waals surface area contributed by atoms with Gasteiger partial charge in [-0.25, -0.2) is 30.3 Å². The van der Waals surface area contributed by atoms with Gasteiger partial charge in [-0.2, -0.15) is 0 Å². The number of benzene rings is 3. The van der Waals surface area contributed by atoms with E-state index < -0.39 is 132 Å². The van der Waals surface area contributed by atoms with Crippen LogP contribution < -0.4 is 47.9 Å². The van der Waals surface area contributed by atoms with Crippen LogP contribution in [-0.2, 0) is 91.4 Å². The number of carbonyl (C=O) groups excluding carboxylic acids is 12. The first-order chi connectivity index (χ1) is 55.1. The van der Waals surface area contributed by atoms with Gasteiger partial charge in [0.2, 0.25) is 29.5 Å². The van der Waals surface area contributed by atoms with Crippen LogP contribution in [0.2, 0.25) is 0 Å². The van der Waals surface area contributed by atoms with Gasteiger partial charge in [-0.3, -0.25) is 78.4 Å². The molecule has 12 atom stereocenters. The molecule has 118 heavy (non-hydrogen) atoms. The van der Waals surface area contributed by atoms with Gasteiger partial charge < -0.3 is 41.0 Å². The van der Waals surface area contributed by atoms with Crippen LogP contribution in [0.15, 0.2) is 119 Å². The number of thiophene rings is 1. The zero-order valence-electron chi connectivity index (χ0n) is 72.0. The zero-order valence-corrected chi connectivity index (χ0v) is 73.7. The van der Waals surface area contributed by atoms with Gasteiger partial charge in [-0.1, -0.05) is 168 Å². The lowest BCUT2D eigenvalue weighted by Crippen LogP contribution is -2.54. The molecule has 0 aliphatic rings. The summed E-state index contributed by atoms with van der Waals surface area (Å²) in [6.07, 6.45) is 2.61. The van der Waals surface area contributed by atoms with Crippen molar-refractivity contribution in [1.29, 1.82) is 0 Å². The second-order valence-corrected chi connectivity index (χ2v) is 36.3. The fourth-order valence-corrected chi connectivity index (χ4v) is 16.6. The Morgan fingerprint density at radius 1 is 0.475 bits per heavy atom. The Morgan fingerprint density at radius 3 is 1.28 bits per heavy atom. The van der Waals surface area contributed by atoms with Crippen molar-refractivity contribution in [3.05, 3.63) is 132 Å². The summed E-state index contributed by atoms with van der Waals surface area (Å²) in [6.45, 7) is 27.3. The van der Waals surface area contributed by atoms with E-state index in [1.54, 1.807) is 36.2 Å². The molecule has 0 fully saturated rings. The highest BCUT2D eigenvalue weighted by molar-refractivity contribution is 7.93. The molecule has 3 aromatic carbocycles. The van der Waals surface area contributed by atoms with Crippen LogP contribution in [0.4, 0.5) is 0 Å². The summed E-state index contributed by atoms with van der Waals surface area (Å²) in [7, 11) is 5.07. The number of methoxy groups -OCH3 is 2. The maximum absolute atomic E-state index is 13.4. The third-order valence-corrected chi connectivity index (χ3v) is 23.8. The topological polar surface area (TPSA) is 475 Å². The van der Waals surface area contributed by atoms with Gasteiger partial charge in [0.15, 0.2) is 21.0 Å². The molecule has 1 heterocycles. The van der Waals surface area contributed by atoms with Gasteiger partial charge in [0.25, 0.3) is 17.7 Å². The monoisotopic (exact) mass is 1690 g/mol. The highest BCUT2D eigenvalue weighted by atomic mass is 32.2. The van der Waals surface area contributed by atoms with E-state index >= 15 is 0 Å². The molecule has 0 bridgehead atoms. The number of hydroxylamine groups is 4. The molecule has 0 saturated carbocycles. The van der Waals surface area contributed by atoms with Crippen LogP contribution in [-0.4, -0.2) is 175 Å². The van der Waals surface area contributed by atoms with Crippen molar-refractivity contribution in [2.24, 2.45) is 81.8 Å². The first-order valence-electron chi connectivity index (χ1n) is 39.4. The molecule has 4 rings (SSSR count). The van der Waals surface area contributed by atoms with E-state index in [1.165, 1.54) is 70.8 Å². The van der Waals surface area contributed by atoms with Gasteiger partial charge >= 0.3 is 0 Å². The van der Waals surface area contributed by atoms with E-state index in [0.29, 0.717) is 37.9 Å². The Bertz CT molecular complexity index is 3940. The van der Waals surface area contributed by atoms with E-state index in [2.05, 4.69) is 27.8 Å². The minimum Gasteiger partial charge on any atom is -0.497 e. The van der Waals surface area contributed by atoms with Crippen LogP contribution in [0.3, 0.4) is 0 Å². The Morgan fingerprint density at radius 2 is 0.898 bits per heavy atom. The van der Waals surface area contributed by atoms with E-state index in [-0.39, 0.29) is 109 Å². The third kappa shape index (κ3) is 35.1. The molecule has 0 saturated heterocycles. The summed E-state index contributed by atoms with van der Waals surface area (Å²) < 4.78 is 36.1. The molecular formula is C86H132N8O22S2. The predicted octanol–water partition coefficient (Wildman–Crippen LogP) is 8.69. The molecule has 0 spiro atoms. The Labute approximate surface area is 700 Å². The minimum absolute atomic E-state index is 0.000594. The lowest BCUT2D eigenvalue weighted by Gasteiger charge is -2.34. The average molecular weight is 1690 g/mol. The third-order valence-electron chi connectivity index (χ3n) is 20.6. The van der Waals surface area contributed by atoms with Crippen molar-refractivity contribution >= 4 is 91.6 Å². The molecule has 32 heteroatoms. The van der Waals surface area contributed by atoms with E-state index in [0.717, 1.165) is 28.0 Å². The number of sulfone groups is 1. The second-order valence-electron chi connectivity index (χ2n) is 33.1. The highest BCUT2D eigenvalue weighted by Gasteiger charge is 2.49. The van der Waals surface area contributed by atoms with Crippen molar-refractivity contribution in [3.63, 3.8) is 0 Å². The molecule has 0 unspecified atom stereocenters. The molecule has 4 aromatic rings. The highest BCUT2D eigenvalue weighted by Crippen LogP contribution is 2.38. The van der Waals surface area contributed by atoms with E-state index in [4.69, 9.17) is 25.1 Å². The second kappa shape index (κ2) is 52.1. The smallest absolute Gasteiger partial charge is 0.276 e. The standard InChI is InChI=1S/C26H34N2O6.C22H32N2O5.C21H34N2O6S2.C17H32N2O5/c1-26(32,25(31)28-33)22(11-7-10-18-8-5-4-6-9-18)23(29)17-20(24(30)27-2)16-19-12-14-21(34-3)15-13-19;1-5-11-22(28,21(27)24-29)18(12-15(2)3)19(25)14-17(20(26)23-4)13-16-9-7-6-8-10-16;1-13(2)10-14(17(24)11-16(20(26)22-6)21(3,4)5)15(19(25)23-27)12-31(28,29)18-8-7-9-30-18;1-10(2)8-11(14(24-7)16(22)19-23)13(20)9-12(15(21)18-6)17(3,4)5/h4-6,8-9,12-15,20,22,32-33H,7,10-11,16-17H2,1-3H3,(H,27,30)(H,28,31);5-10,15,17-18,28-29H,1,11-14H2,2-4H3,(H,23,26)(H,24,27);7-9,13-16,27H,10-12H2,1-6H3,(H,22,26)(H,23,25);10-12,14,23H,8-9H2,1-7H3,(H,18,21)(H,19,22)/t20-,22+,26-;17-,18+,22-;14-,15+,16-;11-,12+,14-/m1110/s1. The van der Waals surface area contributed by atoms with Gasteiger partial charge in [-0.15, -0.1) is 17.9 Å². The summed E-state index contributed by atoms with van der Waals surface area (Å²) in [6, 6.07) is 29.2. The van der Waals surface area contributed by atoms with E-state index in [9.17, 15) is 81.4 Å². The maximum atomic E-state index is 13.4. The fourth-order valence-electron chi connectivity index (χ4n) is 13.9. The number of amides is 8. The average Bonchev–Trinajstić information content (AvgIpc) is 1.21. The molecule has 8 amide bonds. The number of hydrogen-bond acceptors (Lipinski definition) is 23. The molecule has 0 aliphatic carbocycles. The Kier molecular flexibility index (Phi) is 47.3. The molecule has 14 N–H and O–H groups in total. The van der Waals surface area contributed by atoms with Gasteiger partial charge in [-0.05, 0) is 127 Å². The number of nitrogens with one attached hydrogen (secondary N) is 8. The fraction of sp³-hybridized carbons (Fsp3) is 0.581. The number of ether oxygens (including phenoxy) is 2. The molecule has 660 valence electrons. The summed E-state index contributed by atoms with van der Waals surface area (Å²) in [4.78, 5) is 151. The maximum Gasteiger partial charge on any atom is 0.276 e. The van der Waals surface area contributed by atoms with Crippen LogP contribution in [0.1, 0.15) is 171 Å². The lowest BCUT2D eigenvalue weighted by molar-refractivity contribution is -0.160. The summed E-state index contributed by atoms with van der Waals surface area (Å²) in [5.74, 6) is -13.7. The number of ketones is 4. The van der Waals surface area contributed by atoms with Crippen molar-refractivity contribution < 1.29 is 106 Å². The Hall–Kier alpha value is -8.99. The molecule has 30 nitrogen and oxygen atoms in total. The van der Waals surface area contributed by atoms with Gasteiger partial charge in [0.05, 0.1) is 36.5 Å². The van der Waals surface area contributed by atoms with Crippen LogP contribution in [0, 0.1) is 81.8 Å². The first kappa shape index (κ1) is 107. The van der Waals surface area contributed by atoms with Gasteiger partial charge in [0.1, 0.15) is 39.2 Å². The Balaban J connectivity index is 0.000000793. The minimum atomic E-state index is -3.85. The van der Waals surface area contributed by atoms with Crippen molar-refractivity contribution in [3.8, 4) is 5.75 Å². The number of aliphatic hydroxyl groups is 2. The lowest BCUT2D eigenvalue weighted by atomic mass is 9.73. The van der Waals surface area contributed by atoms with Crippen LogP contribution in [0.25, 0.3) is 0 Å². The van der Waals surface area contributed by atoms with Crippen molar-refractivity contribution in [2.45, 2.75) is 195 Å². The zero-order chi connectivity index (χ0) is 90.2. The largest absolute Gasteiger partial charge is 0.497 e. The molecule has 0 aliphatic heterocycles. The quantitative estimate of drug-likeness (QED) is 0.0112. The molecule has 1 aromatic heterocycles. The normalized spacial score (nSPS) is 15.0. The van der Waals surface area contributed by atoms with Crippen LogP contribution >= 0.6 is 11.3 Å². The summed E-state index contributed by atoms with van der Waals surface area (Å²) in [5, 5.41) is 70.2. The van der Waals surface area contributed by atoms with Crippen molar-refractivity contribution in [2.75, 3.05) is 48.2 Å².